The van der Waals surface area contributed by atoms with E-state index in [-0.39, 0.29) is 35.8 Å². The summed E-state index contributed by atoms with van der Waals surface area (Å²) in [7, 11) is 1.78. The van der Waals surface area contributed by atoms with Crippen LogP contribution in [0.4, 0.5) is 5.69 Å². The van der Waals surface area contributed by atoms with E-state index in [4.69, 9.17) is 0 Å². The molecule has 1 aromatic carbocycles. The molecule has 1 amide bonds. The molecule has 1 unspecified atom stereocenters. The number of guanidine groups is 1. The number of aliphatic imine (C=N–C) groups is 1. The van der Waals surface area contributed by atoms with Crippen molar-refractivity contribution in [2.45, 2.75) is 38.6 Å². The summed E-state index contributed by atoms with van der Waals surface area (Å²) in [6, 6.07) is 10.1. The molecule has 3 N–H and O–H groups in total. The highest BCUT2D eigenvalue weighted by molar-refractivity contribution is 14.0. The molecule has 1 aliphatic carbocycles. The molecule has 1 saturated carbocycles. The fourth-order valence-electron chi connectivity index (χ4n) is 3.00. The molecule has 0 bridgehead atoms. The fourth-order valence-corrected chi connectivity index (χ4v) is 3.79. The van der Waals surface area contributed by atoms with Gasteiger partial charge >= 0.3 is 0 Å². The van der Waals surface area contributed by atoms with E-state index in [0.717, 1.165) is 36.6 Å². The smallest absolute Gasteiger partial charge is 0.227 e. The second kappa shape index (κ2) is 11.4. The molecule has 0 radical (unpaired) electrons. The molecule has 3 rings (SSSR count). The number of amides is 1. The van der Waals surface area contributed by atoms with Crippen molar-refractivity contribution in [1.82, 2.24) is 10.6 Å². The van der Waals surface area contributed by atoms with Gasteiger partial charge in [-0.2, -0.15) is 11.3 Å². The number of thiophene rings is 1. The number of hydrogen-bond donors (Lipinski definition) is 3. The first kappa shape index (κ1) is 22.7. The molecule has 1 heterocycles. The Morgan fingerprint density at radius 2 is 2.11 bits per heavy atom. The maximum atomic E-state index is 12.1. The normalized spacial score (nSPS) is 15.1. The third-order valence-electron chi connectivity index (χ3n) is 5.04. The van der Waals surface area contributed by atoms with Gasteiger partial charge in [0, 0.05) is 31.7 Å². The Morgan fingerprint density at radius 1 is 1.29 bits per heavy atom. The molecule has 7 heteroatoms. The molecule has 5 nitrogen and oxygen atoms in total. The van der Waals surface area contributed by atoms with E-state index in [1.165, 1.54) is 12.0 Å². The van der Waals surface area contributed by atoms with Gasteiger partial charge in [0.15, 0.2) is 5.96 Å². The van der Waals surface area contributed by atoms with E-state index >= 15 is 0 Å². The Morgan fingerprint density at radius 3 is 2.75 bits per heavy atom. The summed E-state index contributed by atoms with van der Waals surface area (Å²) < 4.78 is 0. The molecule has 1 fully saturated rings. The zero-order chi connectivity index (χ0) is 19.1. The molecule has 1 aromatic heterocycles. The number of nitrogens with zero attached hydrogens (tertiary/aromatic N) is 1. The fraction of sp³-hybridized carbons (Fsp3) is 0.429. The van der Waals surface area contributed by atoms with Crippen LogP contribution in [0.1, 0.15) is 43.2 Å². The lowest BCUT2D eigenvalue weighted by atomic mass is 9.85. The summed E-state index contributed by atoms with van der Waals surface area (Å²) >= 11 is 1.72. The Balaban J connectivity index is 0.00000280. The van der Waals surface area contributed by atoms with Crippen molar-refractivity contribution in [3.05, 3.63) is 52.2 Å². The van der Waals surface area contributed by atoms with Crippen LogP contribution in [0.15, 0.2) is 46.1 Å². The number of rotatable bonds is 7. The first-order valence-electron chi connectivity index (χ1n) is 9.52. The number of hydrogen-bond acceptors (Lipinski definition) is 3. The van der Waals surface area contributed by atoms with E-state index in [0.29, 0.717) is 12.5 Å². The second-order valence-corrected chi connectivity index (χ2v) is 7.86. The van der Waals surface area contributed by atoms with E-state index in [9.17, 15) is 4.79 Å². The third kappa shape index (κ3) is 6.48. The lowest BCUT2D eigenvalue weighted by Crippen LogP contribution is -2.38. The van der Waals surface area contributed by atoms with Crippen LogP contribution in [-0.2, 0) is 11.3 Å². The predicted molar refractivity (Wildman–Crippen MR) is 129 cm³/mol. The van der Waals surface area contributed by atoms with Crippen molar-refractivity contribution in [2.75, 3.05) is 18.9 Å². The van der Waals surface area contributed by atoms with Gasteiger partial charge in [0.25, 0.3) is 0 Å². The van der Waals surface area contributed by atoms with Crippen molar-refractivity contribution >= 4 is 52.9 Å². The molecule has 28 heavy (non-hydrogen) atoms. The standard InChI is InChI=1S/C21H28N4OS.HI/c1-15(18-9-10-27-14-18)12-23-21(22-2)24-13-16-5-3-8-19(11-16)25-20(26)17-6-4-7-17;/h3,5,8-11,14-15,17H,4,6-7,12-13H2,1-2H3,(H,25,26)(H2,22,23,24);1H. The van der Waals surface area contributed by atoms with Gasteiger partial charge in [-0.15, -0.1) is 24.0 Å². The van der Waals surface area contributed by atoms with Crippen molar-refractivity contribution in [3.8, 4) is 0 Å². The van der Waals surface area contributed by atoms with Crippen LogP contribution in [0.3, 0.4) is 0 Å². The minimum absolute atomic E-state index is 0. The Bertz CT molecular complexity index is 774. The third-order valence-corrected chi connectivity index (χ3v) is 5.74. The largest absolute Gasteiger partial charge is 0.356 e. The van der Waals surface area contributed by atoms with E-state index in [1.807, 2.05) is 24.3 Å². The van der Waals surface area contributed by atoms with E-state index in [2.05, 4.69) is 44.7 Å². The van der Waals surface area contributed by atoms with Gasteiger partial charge < -0.3 is 16.0 Å². The topological polar surface area (TPSA) is 65.5 Å². The maximum Gasteiger partial charge on any atom is 0.227 e. The van der Waals surface area contributed by atoms with Crippen molar-refractivity contribution in [1.29, 1.82) is 0 Å². The van der Waals surface area contributed by atoms with Gasteiger partial charge in [0.1, 0.15) is 0 Å². The van der Waals surface area contributed by atoms with Crippen LogP contribution in [-0.4, -0.2) is 25.5 Å². The van der Waals surface area contributed by atoms with Crippen molar-refractivity contribution < 1.29 is 4.79 Å². The Kier molecular flexibility index (Phi) is 9.24. The summed E-state index contributed by atoms with van der Waals surface area (Å²) in [5.74, 6) is 1.55. The van der Waals surface area contributed by atoms with Gasteiger partial charge in [-0.25, -0.2) is 0 Å². The van der Waals surface area contributed by atoms with E-state index < -0.39 is 0 Å². The predicted octanol–water partition coefficient (Wildman–Crippen LogP) is 4.57. The lowest BCUT2D eigenvalue weighted by Gasteiger charge is -2.24. The Labute approximate surface area is 188 Å². The zero-order valence-electron chi connectivity index (χ0n) is 16.4. The second-order valence-electron chi connectivity index (χ2n) is 7.08. The summed E-state index contributed by atoms with van der Waals surface area (Å²) in [6.45, 7) is 3.68. The molecule has 0 spiro atoms. The minimum atomic E-state index is 0. The van der Waals surface area contributed by atoms with Crippen LogP contribution < -0.4 is 16.0 Å². The number of nitrogens with one attached hydrogen (secondary N) is 3. The van der Waals surface area contributed by atoms with Crippen LogP contribution in [0, 0.1) is 5.92 Å². The van der Waals surface area contributed by atoms with Crippen molar-refractivity contribution in [3.63, 3.8) is 0 Å². The van der Waals surface area contributed by atoms with Crippen LogP contribution in [0.25, 0.3) is 0 Å². The SMILES string of the molecule is CN=C(NCc1cccc(NC(=O)C2CCC2)c1)NCC(C)c1ccsc1.I. The summed E-state index contributed by atoms with van der Waals surface area (Å²) in [5, 5.41) is 14.0. The minimum Gasteiger partial charge on any atom is -0.356 e. The number of carbonyl (C=O) groups excluding carboxylic acids is 1. The highest BCUT2D eigenvalue weighted by Gasteiger charge is 2.25. The average molecular weight is 512 g/mol. The van der Waals surface area contributed by atoms with Crippen LogP contribution >= 0.6 is 35.3 Å². The number of benzene rings is 1. The first-order chi connectivity index (χ1) is 13.2. The van der Waals surface area contributed by atoms with Gasteiger partial charge in [-0.1, -0.05) is 25.5 Å². The quantitative estimate of drug-likeness (QED) is 0.289. The molecule has 152 valence electrons. The highest BCUT2D eigenvalue weighted by atomic mass is 127. The van der Waals surface area contributed by atoms with Gasteiger partial charge in [0.2, 0.25) is 5.91 Å². The summed E-state index contributed by atoms with van der Waals surface area (Å²) in [5.41, 5.74) is 3.31. The Hall–Kier alpha value is -1.61. The first-order valence-corrected chi connectivity index (χ1v) is 10.5. The average Bonchev–Trinajstić information content (AvgIpc) is 3.15. The molecular weight excluding hydrogens is 483 g/mol. The molecule has 0 saturated heterocycles. The monoisotopic (exact) mass is 512 g/mol. The number of halogens is 1. The van der Waals surface area contributed by atoms with Gasteiger partial charge in [-0.3, -0.25) is 9.79 Å². The lowest BCUT2D eigenvalue weighted by molar-refractivity contribution is -0.122. The van der Waals surface area contributed by atoms with Gasteiger partial charge in [-0.05, 0) is 58.8 Å². The number of anilines is 1. The number of carbonyl (C=O) groups is 1. The highest BCUT2D eigenvalue weighted by Crippen LogP contribution is 2.27. The van der Waals surface area contributed by atoms with Gasteiger partial charge in [0.05, 0.1) is 0 Å². The maximum absolute atomic E-state index is 12.1. The molecule has 1 atom stereocenters. The van der Waals surface area contributed by atoms with Crippen LogP contribution in [0.5, 0.6) is 0 Å². The summed E-state index contributed by atoms with van der Waals surface area (Å²) in [6.07, 6.45) is 3.19. The molecule has 0 aliphatic heterocycles. The zero-order valence-corrected chi connectivity index (χ0v) is 19.6. The van der Waals surface area contributed by atoms with Crippen LogP contribution in [0.2, 0.25) is 0 Å². The van der Waals surface area contributed by atoms with E-state index in [1.54, 1.807) is 18.4 Å². The molecule has 2 aromatic rings. The summed E-state index contributed by atoms with van der Waals surface area (Å²) in [4.78, 5) is 16.4. The van der Waals surface area contributed by atoms with Crippen molar-refractivity contribution in [2.24, 2.45) is 10.9 Å². The molecular formula is C21H29IN4OS. The molecule has 1 aliphatic rings.